The molecule has 0 aromatic carbocycles. The number of nitrogens with one attached hydrogen (secondary N) is 2. The van der Waals surface area contributed by atoms with E-state index in [9.17, 15) is 10.1 Å². The van der Waals surface area contributed by atoms with Crippen molar-refractivity contribution in [2.24, 2.45) is 0 Å². The van der Waals surface area contributed by atoms with Gasteiger partial charge in [-0.2, -0.15) is 5.26 Å². The van der Waals surface area contributed by atoms with Crippen molar-refractivity contribution in [2.45, 2.75) is 39.2 Å². The fourth-order valence-corrected chi connectivity index (χ4v) is 4.41. The van der Waals surface area contributed by atoms with E-state index in [1.165, 1.54) is 11.3 Å². The third-order valence-electron chi connectivity index (χ3n) is 4.27. The molecular weight excluding hydrogens is 322 g/mol. The number of fused-ring (bicyclic) bond motifs is 1. The first-order chi connectivity index (χ1) is 11.6. The first-order valence-corrected chi connectivity index (χ1v) is 9.09. The zero-order valence-electron chi connectivity index (χ0n) is 14.1. The van der Waals surface area contributed by atoms with Crippen molar-refractivity contribution < 1.29 is 14.1 Å². The van der Waals surface area contributed by atoms with Crippen molar-refractivity contribution in [3.63, 3.8) is 0 Å². The number of quaternary nitrogens is 1. The molecule has 0 saturated heterocycles. The van der Waals surface area contributed by atoms with Crippen LogP contribution < -0.4 is 10.2 Å². The van der Waals surface area contributed by atoms with Crippen LogP contribution in [-0.4, -0.2) is 19.5 Å². The van der Waals surface area contributed by atoms with Gasteiger partial charge in [0, 0.05) is 4.88 Å². The number of nitrogens with zero attached hydrogens (tertiary/aromatic N) is 1. The Morgan fingerprint density at radius 2 is 2.21 bits per heavy atom. The Morgan fingerprint density at radius 1 is 1.42 bits per heavy atom. The predicted octanol–water partition coefficient (Wildman–Crippen LogP) is 2.05. The van der Waals surface area contributed by atoms with Gasteiger partial charge < -0.3 is 14.6 Å². The highest BCUT2D eigenvalue weighted by atomic mass is 32.1. The Kier molecular flexibility index (Phi) is 5.03. The monoisotopic (exact) mass is 344 g/mol. The van der Waals surface area contributed by atoms with Crippen LogP contribution in [-0.2, 0) is 24.2 Å². The molecule has 3 rings (SSSR count). The van der Waals surface area contributed by atoms with Crippen molar-refractivity contribution in [3.8, 4) is 6.07 Å². The molecular formula is C18H22N3O2S+. The number of thiophene rings is 1. The quantitative estimate of drug-likeness (QED) is 0.872. The summed E-state index contributed by atoms with van der Waals surface area (Å²) in [5, 5.41) is 13.1. The highest BCUT2D eigenvalue weighted by Gasteiger charge is 2.22. The number of carbonyl (C=O) groups excluding carboxylic acids is 1. The van der Waals surface area contributed by atoms with Gasteiger partial charge in [0.05, 0.1) is 12.6 Å². The largest absolute Gasteiger partial charge is 0.460 e. The van der Waals surface area contributed by atoms with Gasteiger partial charge in [0.25, 0.3) is 5.91 Å². The van der Waals surface area contributed by atoms with E-state index in [4.69, 9.17) is 4.42 Å². The molecule has 0 saturated carbocycles. The van der Waals surface area contributed by atoms with E-state index >= 15 is 0 Å². The second-order valence-electron chi connectivity index (χ2n) is 6.40. The number of aryl methyl sites for hydroxylation is 2. The molecule has 2 aromatic heterocycles. The molecule has 1 amide bonds. The summed E-state index contributed by atoms with van der Waals surface area (Å²) in [6.07, 6.45) is 4.27. The van der Waals surface area contributed by atoms with Crippen LogP contribution in [0.3, 0.4) is 0 Å². The minimum atomic E-state index is -0.0640. The summed E-state index contributed by atoms with van der Waals surface area (Å²) in [6, 6.07) is 6.15. The van der Waals surface area contributed by atoms with Gasteiger partial charge in [-0.1, -0.05) is 0 Å². The van der Waals surface area contributed by atoms with Crippen molar-refractivity contribution >= 4 is 22.2 Å². The molecule has 2 aromatic rings. The lowest BCUT2D eigenvalue weighted by Gasteiger charge is -2.12. The fraction of sp³-hybridized carbons (Fsp3) is 0.444. The molecule has 0 fully saturated rings. The van der Waals surface area contributed by atoms with Crippen LogP contribution in [0.25, 0.3) is 0 Å². The van der Waals surface area contributed by atoms with Gasteiger partial charge in [0.1, 0.15) is 23.4 Å². The number of hydrogen-bond donors (Lipinski definition) is 2. The van der Waals surface area contributed by atoms with Crippen molar-refractivity contribution in [3.05, 3.63) is 39.7 Å². The van der Waals surface area contributed by atoms with Gasteiger partial charge in [-0.05, 0) is 50.3 Å². The number of carbonyl (C=O) groups is 1. The highest BCUT2D eigenvalue weighted by Crippen LogP contribution is 2.37. The lowest BCUT2D eigenvalue weighted by Crippen LogP contribution is -3.08. The molecule has 126 valence electrons. The Bertz CT molecular complexity index is 785. The summed E-state index contributed by atoms with van der Waals surface area (Å²) < 4.78 is 5.55. The van der Waals surface area contributed by atoms with Crippen LogP contribution in [0.2, 0.25) is 0 Å². The van der Waals surface area contributed by atoms with Crippen LogP contribution in [0.15, 0.2) is 16.5 Å². The molecule has 0 radical (unpaired) electrons. The Balaban J connectivity index is 1.62. The molecule has 0 aliphatic heterocycles. The van der Waals surface area contributed by atoms with Crippen LogP contribution >= 0.6 is 11.3 Å². The van der Waals surface area contributed by atoms with Crippen molar-refractivity contribution in [2.75, 3.05) is 18.9 Å². The standard InChI is InChI=1S/C18H21N3O2S/c1-12-7-8-13(23-12)10-21(2)11-17(22)20-18-15(9-19)14-5-3-4-6-16(14)24-18/h7-8H,3-6,10-11H2,1-2H3,(H,20,22)/p+1. The zero-order valence-corrected chi connectivity index (χ0v) is 14.9. The Hall–Kier alpha value is -2.10. The van der Waals surface area contributed by atoms with E-state index in [0.29, 0.717) is 18.7 Å². The minimum Gasteiger partial charge on any atom is -0.460 e. The first kappa shape index (κ1) is 16.7. The molecule has 6 heteroatoms. The van der Waals surface area contributed by atoms with E-state index in [2.05, 4.69) is 11.4 Å². The van der Waals surface area contributed by atoms with Crippen LogP contribution in [0.1, 0.15) is 40.4 Å². The topological polar surface area (TPSA) is 70.5 Å². The molecule has 1 unspecified atom stereocenters. The summed E-state index contributed by atoms with van der Waals surface area (Å²) in [5.41, 5.74) is 1.82. The number of anilines is 1. The van der Waals surface area contributed by atoms with Gasteiger partial charge in [0.15, 0.2) is 12.3 Å². The summed E-state index contributed by atoms with van der Waals surface area (Å²) in [7, 11) is 1.96. The van der Waals surface area contributed by atoms with Gasteiger partial charge in [0.2, 0.25) is 0 Å². The number of amides is 1. The number of rotatable bonds is 5. The van der Waals surface area contributed by atoms with Gasteiger partial charge in [-0.25, -0.2) is 0 Å². The molecule has 1 aliphatic carbocycles. The van der Waals surface area contributed by atoms with E-state index in [1.807, 2.05) is 26.1 Å². The van der Waals surface area contributed by atoms with Crippen molar-refractivity contribution in [1.82, 2.24) is 0 Å². The van der Waals surface area contributed by atoms with Crippen LogP contribution in [0.5, 0.6) is 0 Å². The first-order valence-electron chi connectivity index (χ1n) is 8.28. The normalized spacial score (nSPS) is 14.7. The number of likely N-dealkylation sites (N-methyl/N-ethyl adjacent to an activating group) is 1. The molecule has 2 heterocycles. The summed E-state index contributed by atoms with van der Waals surface area (Å²) in [4.78, 5) is 14.6. The third-order valence-corrected chi connectivity index (χ3v) is 5.48. The maximum atomic E-state index is 12.3. The molecule has 5 nitrogen and oxygen atoms in total. The van der Waals surface area contributed by atoms with E-state index in [1.54, 1.807) is 11.3 Å². The van der Waals surface area contributed by atoms with E-state index in [0.717, 1.165) is 46.2 Å². The zero-order chi connectivity index (χ0) is 17.1. The Labute approximate surface area is 145 Å². The second-order valence-corrected chi connectivity index (χ2v) is 7.50. The van der Waals surface area contributed by atoms with E-state index in [-0.39, 0.29) is 5.91 Å². The van der Waals surface area contributed by atoms with Crippen LogP contribution in [0.4, 0.5) is 5.00 Å². The summed E-state index contributed by atoms with van der Waals surface area (Å²) in [5.74, 6) is 1.69. The van der Waals surface area contributed by atoms with E-state index < -0.39 is 0 Å². The lowest BCUT2D eigenvalue weighted by molar-refractivity contribution is -0.886. The maximum absolute atomic E-state index is 12.3. The SMILES string of the molecule is Cc1ccc(C[NH+](C)CC(=O)Nc2sc3c(c2C#N)CCCC3)o1. The predicted molar refractivity (Wildman–Crippen MR) is 93.2 cm³/mol. The average molecular weight is 344 g/mol. The Morgan fingerprint density at radius 3 is 2.92 bits per heavy atom. The molecule has 2 N–H and O–H groups in total. The second kappa shape index (κ2) is 7.20. The molecule has 1 aliphatic rings. The summed E-state index contributed by atoms with van der Waals surface area (Å²) >= 11 is 1.57. The molecule has 24 heavy (non-hydrogen) atoms. The third kappa shape index (κ3) is 3.69. The molecule has 0 bridgehead atoms. The number of furan rings is 1. The molecule has 0 spiro atoms. The summed E-state index contributed by atoms with van der Waals surface area (Å²) in [6.45, 7) is 2.91. The molecule has 1 atom stereocenters. The number of hydrogen-bond acceptors (Lipinski definition) is 4. The maximum Gasteiger partial charge on any atom is 0.280 e. The lowest BCUT2D eigenvalue weighted by atomic mass is 9.96. The smallest absolute Gasteiger partial charge is 0.280 e. The number of nitriles is 1. The van der Waals surface area contributed by atoms with Crippen molar-refractivity contribution in [1.29, 1.82) is 5.26 Å². The average Bonchev–Trinajstić information content (AvgIpc) is 3.09. The fourth-order valence-electron chi connectivity index (χ4n) is 3.16. The van der Waals surface area contributed by atoms with Gasteiger partial charge in [-0.15, -0.1) is 11.3 Å². The van der Waals surface area contributed by atoms with Gasteiger partial charge in [-0.3, -0.25) is 4.79 Å². The highest BCUT2D eigenvalue weighted by molar-refractivity contribution is 7.16. The van der Waals surface area contributed by atoms with Crippen LogP contribution in [0, 0.1) is 18.3 Å². The van der Waals surface area contributed by atoms with Gasteiger partial charge >= 0.3 is 0 Å². The minimum absolute atomic E-state index is 0.0640.